The lowest BCUT2D eigenvalue weighted by molar-refractivity contribution is -0.140. The van der Waals surface area contributed by atoms with Crippen LogP contribution in [0.1, 0.15) is 30.2 Å². The predicted molar refractivity (Wildman–Crippen MR) is 120 cm³/mol. The summed E-state index contributed by atoms with van der Waals surface area (Å²) in [6.07, 6.45) is 1.55. The quantitative estimate of drug-likeness (QED) is 0.560. The molecule has 1 aliphatic heterocycles. The number of allylic oxidation sites excluding steroid dienone is 2. The third kappa shape index (κ3) is 4.50. The maximum Gasteiger partial charge on any atom is 0.416 e. The number of benzene rings is 2. The van der Waals surface area contributed by atoms with Gasteiger partial charge in [0.15, 0.2) is 0 Å². The molecule has 8 heteroatoms. The van der Waals surface area contributed by atoms with Gasteiger partial charge in [-0.1, -0.05) is 68.1 Å². The Hall–Kier alpha value is -3.39. The molecule has 2 atom stereocenters. The summed E-state index contributed by atoms with van der Waals surface area (Å²) in [6, 6.07) is 10.7. The van der Waals surface area contributed by atoms with Crippen LogP contribution in [-0.4, -0.2) is 36.2 Å². The Morgan fingerprint density at radius 2 is 1.82 bits per heavy atom. The van der Waals surface area contributed by atoms with E-state index in [0.29, 0.717) is 11.6 Å². The molecule has 1 N–H and O–H groups in total. The predicted octanol–water partition coefficient (Wildman–Crippen LogP) is 5.79. The maximum absolute atomic E-state index is 13.7. The fourth-order valence-electron chi connectivity index (χ4n) is 4.24. The Labute approximate surface area is 195 Å². The smallest absolute Gasteiger partial charge is 0.362 e. The summed E-state index contributed by atoms with van der Waals surface area (Å²) in [5.74, 6) is -0.967. The minimum absolute atomic E-state index is 0. The standard InChI is InChI=1S/C25H20F4N2O2.CH4/c26-18-9-10-20(21(12-18)25(27,28)29)23(15-5-2-1-3-6-15)33-19-13-31(14-19)24(32)30-22-16-7-4-8-17(22)11-16;/h1-12,19,22-23H,13-14H2,(H,30,32);1H4. The lowest BCUT2D eigenvalue weighted by atomic mass is 9.82. The highest BCUT2D eigenvalue weighted by molar-refractivity contribution is 5.78. The van der Waals surface area contributed by atoms with Crippen molar-refractivity contribution in [2.45, 2.75) is 31.9 Å². The number of rotatable bonds is 5. The van der Waals surface area contributed by atoms with E-state index in [9.17, 15) is 22.4 Å². The number of nitrogens with one attached hydrogen (secondary N) is 1. The third-order valence-electron chi connectivity index (χ3n) is 6.01. The van der Waals surface area contributed by atoms with Crippen molar-refractivity contribution in [3.8, 4) is 0 Å². The highest BCUT2D eigenvalue weighted by atomic mass is 19.4. The van der Waals surface area contributed by atoms with Gasteiger partial charge in [0.05, 0.1) is 30.8 Å². The van der Waals surface area contributed by atoms with Crippen molar-refractivity contribution in [3.63, 3.8) is 0 Å². The second-order valence-electron chi connectivity index (χ2n) is 8.24. The van der Waals surface area contributed by atoms with Crippen LogP contribution in [0.25, 0.3) is 0 Å². The first-order valence-electron chi connectivity index (χ1n) is 10.5. The minimum Gasteiger partial charge on any atom is -0.362 e. The van der Waals surface area contributed by atoms with Crippen molar-refractivity contribution >= 4 is 6.03 Å². The van der Waals surface area contributed by atoms with Gasteiger partial charge in [0.2, 0.25) is 0 Å². The fourth-order valence-corrected chi connectivity index (χ4v) is 4.24. The molecule has 2 unspecified atom stereocenters. The van der Waals surface area contributed by atoms with Crippen molar-refractivity contribution in [3.05, 3.63) is 106 Å². The summed E-state index contributed by atoms with van der Waals surface area (Å²) in [5.41, 5.74) is 1.36. The van der Waals surface area contributed by atoms with Gasteiger partial charge in [-0.25, -0.2) is 9.18 Å². The Morgan fingerprint density at radius 1 is 1.09 bits per heavy atom. The van der Waals surface area contributed by atoms with Crippen LogP contribution in [0, 0.1) is 5.82 Å². The molecule has 2 aromatic rings. The maximum atomic E-state index is 13.7. The summed E-state index contributed by atoms with van der Waals surface area (Å²) in [4.78, 5) is 14.1. The summed E-state index contributed by atoms with van der Waals surface area (Å²) in [6.45, 7) is 0.497. The van der Waals surface area contributed by atoms with E-state index in [1.54, 1.807) is 35.2 Å². The van der Waals surface area contributed by atoms with E-state index in [2.05, 4.69) is 5.32 Å². The van der Waals surface area contributed by atoms with E-state index in [-0.39, 0.29) is 38.2 Å². The molecular formula is C26H24F4N2O2. The van der Waals surface area contributed by atoms with E-state index >= 15 is 0 Å². The summed E-state index contributed by atoms with van der Waals surface area (Å²) in [7, 11) is 0. The molecule has 0 aromatic heterocycles. The van der Waals surface area contributed by atoms with Crippen molar-refractivity contribution in [1.29, 1.82) is 0 Å². The van der Waals surface area contributed by atoms with Gasteiger partial charge < -0.3 is 15.0 Å². The average Bonchev–Trinajstić information content (AvgIpc) is 2.77. The Balaban J connectivity index is 0.00000274. The van der Waals surface area contributed by atoms with Crippen LogP contribution in [0.15, 0.2) is 84.0 Å². The highest BCUT2D eigenvalue weighted by Gasteiger charge is 2.40. The zero-order valence-corrected chi connectivity index (χ0v) is 17.4. The first-order chi connectivity index (χ1) is 15.8. The molecule has 2 amide bonds. The number of urea groups is 1. The summed E-state index contributed by atoms with van der Waals surface area (Å²) < 4.78 is 60.7. The molecule has 0 radical (unpaired) electrons. The van der Waals surface area contributed by atoms with Crippen LogP contribution in [-0.2, 0) is 10.9 Å². The number of amides is 2. The molecule has 2 aromatic carbocycles. The highest BCUT2D eigenvalue weighted by Crippen LogP contribution is 2.39. The van der Waals surface area contributed by atoms with Gasteiger partial charge in [0.25, 0.3) is 0 Å². The number of nitrogens with zero attached hydrogens (tertiary/aromatic N) is 1. The zero-order chi connectivity index (χ0) is 23.2. The largest absolute Gasteiger partial charge is 0.416 e. The van der Waals surface area contributed by atoms with Crippen LogP contribution < -0.4 is 5.32 Å². The van der Waals surface area contributed by atoms with E-state index in [0.717, 1.165) is 23.3 Å². The van der Waals surface area contributed by atoms with Crippen LogP contribution in [0.5, 0.6) is 0 Å². The molecule has 0 spiro atoms. The van der Waals surface area contributed by atoms with Crippen molar-refractivity contribution < 1.29 is 27.1 Å². The van der Waals surface area contributed by atoms with Gasteiger partial charge >= 0.3 is 12.2 Å². The zero-order valence-electron chi connectivity index (χ0n) is 17.4. The lowest BCUT2D eigenvalue weighted by Crippen LogP contribution is -2.60. The van der Waals surface area contributed by atoms with E-state index < -0.39 is 29.8 Å². The number of carbonyl (C=O) groups excluding carboxylic acids is 1. The Morgan fingerprint density at radius 3 is 2.44 bits per heavy atom. The molecule has 0 saturated carbocycles. The van der Waals surface area contributed by atoms with Gasteiger partial charge in [0.1, 0.15) is 11.9 Å². The molecule has 5 rings (SSSR count). The van der Waals surface area contributed by atoms with Crippen LogP contribution >= 0.6 is 0 Å². The minimum atomic E-state index is -4.74. The number of carbonyl (C=O) groups is 1. The summed E-state index contributed by atoms with van der Waals surface area (Å²) in [5, 5.41) is 2.95. The van der Waals surface area contributed by atoms with Crippen molar-refractivity contribution in [2.24, 2.45) is 0 Å². The number of halogens is 4. The van der Waals surface area contributed by atoms with Crippen molar-refractivity contribution in [1.82, 2.24) is 10.2 Å². The molecule has 3 aliphatic rings. The molecule has 1 heterocycles. The number of likely N-dealkylation sites (tertiary alicyclic amines) is 1. The monoisotopic (exact) mass is 472 g/mol. The third-order valence-corrected chi connectivity index (χ3v) is 6.01. The molecule has 4 nitrogen and oxygen atoms in total. The first kappa shape index (κ1) is 23.8. The number of hydrogen-bond acceptors (Lipinski definition) is 2. The molecule has 2 bridgehead atoms. The molecule has 1 saturated heterocycles. The number of hydrogen-bond donors (Lipinski definition) is 1. The van der Waals surface area contributed by atoms with E-state index in [4.69, 9.17) is 4.74 Å². The fraction of sp³-hybridized carbons (Fsp3) is 0.269. The molecule has 2 aliphatic carbocycles. The Bertz CT molecular complexity index is 1150. The van der Waals surface area contributed by atoms with E-state index in [1.807, 2.05) is 24.3 Å². The number of ether oxygens (including phenoxy) is 1. The first-order valence-corrected chi connectivity index (χ1v) is 10.5. The SMILES string of the molecule is C.O=C(NC1C2=CC=CC1=C2)N1CC(OC(c2ccccc2)c2ccc(F)cc2C(F)(F)F)C1. The molecular weight excluding hydrogens is 448 g/mol. The van der Waals surface area contributed by atoms with Crippen LogP contribution in [0.4, 0.5) is 22.4 Å². The normalized spacial score (nSPS) is 19.8. The molecule has 34 heavy (non-hydrogen) atoms. The molecule has 1 fully saturated rings. The van der Waals surface area contributed by atoms with Gasteiger partial charge in [-0.15, -0.1) is 0 Å². The van der Waals surface area contributed by atoms with Crippen LogP contribution in [0.3, 0.4) is 0 Å². The lowest BCUT2D eigenvalue weighted by Gasteiger charge is -2.42. The van der Waals surface area contributed by atoms with E-state index in [1.165, 1.54) is 0 Å². The topological polar surface area (TPSA) is 41.6 Å². The van der Waals surface area contributed by atoms with Gasteiger partial charge in [0, 0.05) is 0 Å². The number of fused-ring (bicyclic) bond motifs is 2. The second kappa shape index (κ2) is 9.10. The summed E-state index contributed by atoms with van der Waals surface area (Å²) >= 11 is 0. The van der Waals surface area contributed by atoms with Gasteiger partial charge in [-0.2, -0.15) is 13.2 Å². The average molecular weight is 472 g/mol. The van der Waals surface area contributed by atoms with Crippen LogP contribution in [0.2, 0.25) is 0 Å². The molecule has 178 valence electrons. The number of alkyl halides is 3. The Kier molecular flexibility index (Phi) is 6.36. The van der Waals surface area contributed by atoms with Crippen molar-refractivity contribution in [2.75, 3.05) is 13.1 Å². The van der Waals surface area contributed by atoms with Gasteiger partial charge in [-0.3, -0.25) is 0 Å². The van der Waals surface area contributed by atoms with Gasteiger partial charge in [-0.05, 0) is 34.4 Å². The second-order valence-corrected chi connectivity index (χ2v) is 8.24.